The van der Waals surface area contributed by atoms with Crippen molar-refractivity contribution in [2.75, 3.05) is 10.3 Å². The summed E-state index contributed by atoms with van der Waals surface area (Å²) in [7, 11) is 0. The average molecular weight is 215 g/mol. The molecule has 3 nitrogen and oxygen atoms in total. The Balaban J connectivity index is 2.46. The highest BCUT2D eigenvalue weighted by Crippen LogP contribution is 2.35. The third kappa shape index (κ3) is 1.12. The molecule has 0 fully saturated rings. The van der Waals surface area contributed by atoms with Gasteiger partial charge in [0, 0.05) is 5.39 Å². The lowest BCUT2D eigenvalue weighted by Crippen LogP contribution is -2.42. The third-order valence-corrected chi connectivity index (χ3v) is 2.90. The van der Waals surface area contributed by atoms with Crippen LogP contribution in [0.2, 0.25) is 0 Å². The average Bonchev–Trinajstić information content (AvgIpc) is 2.26. The normalized spacial score (nSPS) is 14.2. The maximum atomic E-state index is 5.88. The molecule has 1 aliphatic heterocycles. The van der Waals surface area contributed by atoms with Crippen molar-refractivity contribution in [2.45, 2.75) is 0 Å². The minimum atomic E-state index is 0.529. The van der Waals surface area contributed by atoms with E-state index in [0.29, 0.717) is 5.11 Å². The number of nitrogens with two attached hydrogens (primary N) is 1. The number of benzene rings is 2. The maximum Gasteiger partial charge on any atom is 0.192 e. The summed E-state index contributed by atoms with van der Waals surface area (Å²) in [6.45, 7) is 0. The van der Waals surface area contributed by atoms with E-state index in [9.17, 15) is 0 Å². The lowest BCUT2D eigenvalue weighted by atomic mass is 10.1. The topological polar surface area (TPSA) is 41.3 Å². The van der Waals surface area contributed by atoms with Gasteiger partial charge in [-0.1, -0.05) is 24.3 Å². The summed E-state index contributed by atoms with van der Waals surface area (Å²) in [6, 6.07) is 12.1. The zero-order valence-corrected chi connectivity index (χ0v) is 8.71. The molecule has 74 valence electrons. The van der Waals surface area contributed by atoms with Crippen LogP contribution in [-0.2, 0) is 0 Å². The van der Waals surface area contributed by atoms with E-state index >= 15 is 0 Å². The van der Waals surface area contributed by atoms with Crippen LogP contribution in [0.3, 0.4) is 0 Å². The molecule has 0 atom stereocenters. The fraction of sp³-hybridized carbons (Fsp3) is 0. The first-order valence-corrected chi connectivity index (χ1v) is 5.06. The van der Waals surface area contributed by atoms with Gasteiger partial charge in [-0.25, -0.2) is 5.84 Å². The van der Waals surface area contributed by atoms with Gasteiger partial charge in [-0.2, -0.15) is 0 Å². The molecule has 15 heavy (non-hydrogen) atoms. The van der Waals surface area contributed by atoms with Gasteiger partial charge in [-0.3, -0.25) is 5.01 Å². The second-order valence-corrected chi connectivity index (χ2v) is 3.87. The quantitative estimate of drug-likeness (QED) is 0.522. The standard InChI is InChI=1S/C11H9N3S/c12-14-9-6-2-4-7-3-1-5-8(10(7)9)13-11(14)15/h1-6H,12H2,(H,13,15). The lowest BCUT2D eigenvalue weighted by molar-refractivity contribution is 1.14. The van der Waals surface area contributed by atoms with E-state index in [1.807, 2.05) is 24.3 Å². The van der Waals surface area contributed by atoms with Crippen LogP contribution in [0.15, 0.2) is 36.4 Å². The van der Waals surface area contributed by atoms with Crippen LogP contribution < -0.4 is 16.2 Å². The molecule has 3 N–H and O–H groups in total. The van der Waals surface area contributed by atoms with Crippen LogP contribution in [0.4, 0.5) is 11.4 Å². The van der Waals surface area contributed by atoms with Gasteiger partial charge in [0.2, 0.25) is 0 Å². The molecule has 0 saturated heterocycles. The monoisotopic (exact) mass is 215 g/mol. The van der Waals surface area contributed by atoms with Crippen molar-refractivity contribution in [1.82, 2.24) is 0 Å². The molecule has 1 heterocycles. The van der Waals surface area contributed by atoms with Crippen LogP contribution in [0, 0.1) is 0 Å². The van der Waals surface area contributed by atoms with Crippen molar-refractivity contribution < 1.29 is 0 Å². The number of hydrogen-bond donors (Lipinski definition) is 2. The fourth-order valence-electron chi connectivity index (χ4n) is 1.91. The molecule has 4 heteroatoms. The molecule has 0 amide bonds. The lowest BCUT2D eigenvalue weighted by Gasteiger charge is -2.28. The second-order valence-electron chi connectivity index (χ2n) is 3.48. The van der Waals surface area contributed by atoms with Crippen molar-refractivity contribution in [3.05, 3.63) is 36.4 Å². The second kappa shape index (κ2) is 2.92. The first-order valence-electron chi connectivity index (χ1n) is 4.65. The molecule has 0 saturated carbocycles. The first kappa shape index (κ1) is 8.64. The number of nitrogens with one attached hydrogen (secondary N) is 1. The van der Waals surface area contributed by atoms with E-state index in [0.717, 1.165) is 22.1 Å². The van der Waals surface area contributed by atoms with Gasteiger partial charge in [-0.05, 0) is 29.7 Å². The number of rotatable bonds is 0. The van der Waals surface area contributed by atoms with Crippen molar-refractivity contribution in [1.29, 1.82) is 0 Å². The minimum Gasteiger partial charge on any atom is -0.331 e. The Morgan fingerprint density at radius 2 is 1.87 bits per heavy atom. The fourth-order valence-corrected chi connectivity index (χ4v) is 2.12. The molecule has 3 rings (SSSR count). The van der Waals surface area contributed by atoms with Crippen molar-refractivity contribution in [3.63, 3.8) is 0 Å². The molecule has 2 aromatic rings. The molecule has 0 bridgehead atoms. The number of nitrogens with zero attached hydrogens (tertiary/aromatic N) is 1. The highest BCUT2D eigenvalue weighted by Gasteiger charge is 2.19. The van der Waals surface area contributed by atoms with Gasteiger partial charge in [-0.15, -0.1) is 0 Å². The maximum absolute atomic E-state index is 5.88. The largest absolute Gasteiger partial charge is 0.331 e. The predicted octanol–water partition coefficient (Wildman–Crippen LogP) is 2.23. The molecular weight excluding hydrogens is 206 g/mol. The molecule has 0 radical (unpaired) electrons. The summed E-state index contributed by atoms with van der Waals surface area (Å²) in [5.74, 6) is 5.88. The Kier molecular flexibility index (Phi) is 1.68. The van der Waals surface area contributed by atoms with E-state index in [-0.39, 0.29) is 0 Å². The number of hydrogen-bond acceptors (Lipinski definition) is 2. The highest BCUT2D eigenvalue weighted by atomic mass is 32.1. The SMILES string of the molecule is NN1C(=S)Nc2cccc3cccc1c23. The van der Waals surface area contributed by atoms with Gasteiger partial charge in [0.1, 0.15) is 0 Å². The highest BCUT2D eigenvalue weighted by molar-refractivity contribution is 7.80. The number of thiocarbonyl (C=S) groups is 1. The molecule has 2 aromatic carbocycles. The van der Waals surface area contributed by atoms with E-state index < -0.39 is 0 Å². The van der Waals surface area contributed by atoms with Gasteiger partial charge in [0.25, 0.3) is 0 Å². The van der Waals surface area contributed by atoms with Gasteiger partial charge in [0.05, 0.1) is 11.4 Å². The van der Waals surface area contributed by atoms with E-state index in [2.05, 4.69) is 17.4 Å². The number of hydrazine groups is 1. The van der Waals surface area contributed by atoms with Crippen LogP contribution in [0.1, 0.15) is 0 Å². The first-order chi connectivity index (χ1) is 7.27. The van der Waals surface area contributed by atoms with Gasteiger partial charge >= 0.3 is 0 Å². The molecule has 0 spiro atoms. The van der Waals surface area contributed by atoms with Crippen LogP contribution in [-0.4, -0.2) is 5.11 Å². The summed E-state index contributed by atoms with van der Waals surface area (Å²) >= 11 is 5.14. The zero-order chi connectivity index (χ0) is 10.4. The van der Waals surface area contributed by atoms with E-state index in [4.69, 9.17) is 18.1 Å². The Labute approximate surface area is 92.5 Å². The molecule has 0 unspecified atom stereocenters. The summed E-state index contributed by atoms with van der Waals surface area (Å²) in [6.07, 6.45) is 0. The van der Waals surface area contributed by atoms with Crippen LogP contribution in [0.5, 0.6) is 0 Å². The zero-order valence-electron chi connectivity index (χ0n) is 7.90. The smallest absolute Gasteiger partial charge is 0.192 e. The van der Waals surface area contributed by atoms with Gasteiger partial charge < -0.3 is 5.32 Å². The molecule has 0 aliphatic carbocycles. The van der Waals surface area contributed by atoms with Crippen molar-refractivity contribution in [2.24, 2.45) is 5.84 Å². The summed E-state index contributed by atoms with van der Waals surface area (Å²) in [5.41, 5.74) is 1.97. The van der Waals surface area contributed by atoms with Gasteiger partial charge in [0.15, 0.2) is 5.11 Å². The Morgan fingerprint density at radius 3 is 2.67 bits per heavy atom. The number of anilines is 2. The Morgan fingerprint density at radius 1 is 1.13 bits per heavy atom. The van der Waals surface area contributed by atoms with E-state index in [1.165, 1.54) is 5.01 Å². The molecule has 0 aromatic heterocycles. The van der Waals surface area contributed by atoms with Crippen molar-refractivity contribution in [3.8, 4) is 0 Å². The van der Waals surface area contributed by atoms with Crippen LogP contribution >= 0.6 is 12.2 Å². The summed E-state index contributed by atoms with van der Waals surface area (Å²) in [5, 5.41) is 7.42. The van der Waals surface area contributed by atoms with Crippen molar-refractivity contribution >= 4 is 39.5 Å². The van der Waals surface area contributed by atoms with E-state index in [1.54, 1.807) is 0 Å². The Hall–Kier alpha value is -1.65. The summed E-state index contributed by atoms with van der Waals surface area (Å²) < 4.78 is 0. The summed E-state index contributed by atoms with van der Waals surface area (Å²) in [4.78, 5) is 0. The minimum absolute atomic E-state index is 0.529. The van der Waals surface area contributed by atoms with Crippen LogP contribution in [0.25, 0.3) is 10.8 Å². The predicted molar refractivity (Wildman–Crippen MR) is 66.8 cm³/mol. The molecular formula is C11H9N3S. The Bertz CT molecular complexity index is 560. The molecule has 1 aliphatic rings. The third-order valence-electron chi connectivity index (χ3n) is 2.60.